The van der Waals surface area contributed by atoms with Crippen LogP contribution in [0.15, 0.2) is 71.8 Å². The first-order valence-electron chi connectivity index (χ1n) is 8.96. The van der Waals surface area contributed by atoms with Gasteiger partial charge in [-0.25, -0.2) is 0 Å². The molecule has 0 aliphatic carbocycles. The zero-order valence-electron chi connectivity index (χ0n) is 15.3. The van der Waals surface area contributed by atoms with Gasteiger partial charge in [-0.3, -0.25) is 14.5 Å². The van der Waals surface area contributed by atoms with Crippen molar-refractivity contribution in [2.45, 2.75) is 6.54 Å². The number of nitrogens with one attached hydrogen (secondary N) is 1. The third-order valence-corrected chi connectivity index (χ3v) is 5.59. The highest BCUT2D eigenvalue weighted by atomic mass is 35.5. The average molecular weight is 425 g/mol. The molecular weight excluding hydrogens is 408 g/mol. The maximum absolute atomic E-state index is 13.1. The number of benzene rings is 2. The molecule has 146 valence electrons. The lowest BCUT2D eigenvalue weighted by molar-refractivity contribution is -0.123. The Hall–Kier alpha value is -3.09. The first kappa shape index (κ1) is 19.2. The van der Waals surface area contributed by atoms with E-state index in [4.69, 9.17) is 16.3 Å². The number of anilines is 1. The number of para-hydroxylation sites is 2. The van der Waals surface area contributed by atoms with Crippen molar-refractivity contribution in [2.75, 3.05) is 11.4 Å². The van der Waals surface area contributed by atoms with Gasteiger partial charge >= 0.3 is 0 Å². The molecule has 0 spiro atoms. The van der Waals surface area contributed by atoms with Gasteiger partial charge in [0.2, 0.25) is 5.91 Å². The smallest absolute Gasteiger partial charge is 0.294 e. The summed E-state index contributed by atoms with van der Waals surface area (Å²) in [6.45, 7) is 0.323. The van der Waals surface area contributed by atoms with Crippen molar-refractivity contribution in [3.05, 3.63) is 87.3 Å². The molecule has 2 amide bonds. The van der Waals surface area contributed by atoms with Crippen LogP contribution in [0.4, 0.5) is 5.69 Å². The van der Waals surface area contributed by atoms with E-state index in [9.17, 15) is 9.59 Å². The molecule has 0 saturated heterocycles. The number of carbonyl (C=O) groups is 2. The van der Waals surface area contributed by atoms with Crippen molar-refractivity contribution < 1.29 is 14.3 Å². The number of rotatable bonds is 5. The molecule has 0 radical (unpaired) electrons. The van der Waals surface area contributed by atoms with E-state index in [0.29, 0.717) is 28.6 Å². The van der Waals surface area contributed by atoms with Gasteiger partial charge in [-0.2, -0.15) is 0 Å². The lowest BCUT2D eigenvalue weighted by atomic mass is 10.1. The Bertz CT molecular complexity index is 1080. The predicted molar refractivity (Wildman–Crippen MR) is 115 cm³/mol. The molecule has 7 heteroatoms. The number of carbonyl (C=O) groups excluding carboxylic acids is 2. The van der Waals surface area contributed by atoms with Crippen LogP contribution in [-0.4, -0.2) is 18.4 Å². The highest BCUT2D eigenvalue weighted by Crippen LogP contribution is 2.35. The minimum atomic E-state index is -0.394. The molecule has 0 fully saturated rings. The second kappa shape index (κ2) is 8.51. The van der Waals surface area contributed by atoms with Crippen LogP contribution in [0.1, 0.15) is 10.4 Å². The van der Waals surface area contributed by atoms with E-state index in [-0.39, 0.29) is 18.2 Å². The van der Waals surface area contributed by atoms with E-state index in [1.54, 1.807) is 47.7 Å². The monoisotopic (exact) mass is 424 g/mol. The lowest BCUT2D eigenvalue weighted by Gasteiger charge is -2.30. The van der Waals surface area contributed by atoms with Crippen LogP contribution in [0, 0.1) is 0 Å². The molecule has 1 N–H and O–H groups in total. The minimum absolute atomic E-state index is 0.107. The van der Waals surface area contributed by atoms with Gasteiger partial charge in [0.05, 0.1) is 12.2 Å². The topological polar surface area (TPSA) is 58.6 Å². The Kier molecular flexibility index (Phi) is 5.64. The molecule has 1 aliphatic heterocycles. The van der Waals surface area contributed by atoms with Crippen LogP contribution >= 0.6 is 22.9 Å². The molecule has 0 saturated carbocycles. The van der Waals surface area contributed by atoms with Crippen molar-refractivity contribution in [1.82, 2.24) is 5.32 Å². The van der Waals surface area contributed by atoms with Crippen LogP contribution in [0.2, 0.25) is 5.02 Å². The number of ether oxygens (including phenoxy) is 1. The molecule has 4 rings (SSSR count). The summed E-state index contributed by atoms with van der Waals surface area (Å²) < 4.78 is 5.82. The van der Waals surface area contributed by atoms with Crippen molar-refractivity contribution in [3.63, 3.8) is 0 Å². The molecule has 3 aromatic rings. The first-order valence-corrected chi connectivity index (χ1v) is 10.2. The van der Waals surface area contributed by atoms with E-state index in [0.717, 1.165) is 4.88 Å². The molecule has 0 atom stereocenters. The second-order valence-electron chi connectivity index (χ2n) is 6.35. The maximum atomic E-state index is 13.1. The summed E-state index contributed by atoms with van der Waals surface area (Å²) in [6, 6.07) is 18.2. The minimum Gasteiger partial charge on any atom is -0.449 e. The second-order valence-corrected chi connectivity index (χ2v) is 7.79. The number of thiophene rings is 1. The number of fused-ring (bicyclic) bond motifs is 1. The molecule has 2 heterocycles. The number of hydrogen-bond donors (Lipinski definition) is 1. The summed E-state index contributed by atoms with van der Waals surface area (Å²) in [5, 5.41) is 5.32. The summed E-state index contributed by atoms with van der Waals surface area (Å²) in [7, 11) is 0. The van der Waals surface area contributed by atoms with Gasteiger partial charge in [-0.1, -0.05) is 48.0 Å². The fraction of sp³-hybridized carbons (Fsp3) is 0.0909. The highest BCUT2D eigenvalue weighted by molar-refractivity contribution is 7.09. The quantitative estimate of drug-likeness (QED) is 0.614. The van der Waals surface area contributed by atoms with Crippen LogP contribution in [0.5, 0.6) is 5.75 Å². The molecule has 5 nitrogen and oxygen atoms in total. The largest absolute Gasteiger partial charge is 0.449 e. The summed E-state index contributed by atoms with van der Waals surface area (Å²) in [5.74, 6) is -0.0187. The Balaban J connectivity index is 1.59. The highest BCUT2D eigenvalue weighted by Gasteiger charge is 2.31. The molecule has 0 bridgehead atoms. The fourth-order valence-electron chi connectivity index (χ4n) is 2.95. The van der Waals surface area contributed by atoms with Crippen molar-refractivity contribution in [3.8, 4) is 5.75 Å². The Morgan fingerprint density at radius 3 is 2.69 bits per heavy atom. The van der Waals surface area contributed by atoms with E-state index >= 15 is 0 Å². The summed E-state index contributed by atoms with van der Waals surface area (Å²) in [5.41, 5.74) is 1.22. The van der Waals surface area contributed by atoms with Gasteiger partial charge in [0, 0.05) is 9.90 Å². The molecule has 29 heavy (non-hydrogen) atoms. The lowest BCUT2D eigenvalue weighted by Crippen LogP contribution is -2.44. The van der Waals surface area contributed by atoms with Crippen LogP contribution in [0.3, 0.4) is 0 Å². The number of hydrogen-bond acceptors (Lipinski definition) is 4. The molecule has 1 aliphatic rings. The van der Waals surface area contributed by atoms with Gasteiger partial charge in [0.1, 0.15) is 6.54 Å². The summed E-state index contributed by atoms with van der Waals surface area (Å²) in [6.07, 6.45) is 1.59. The fourth-order valence-corrected chi connectivity index (χ4v) is 3.79. The van der Waals surface area contributed by atoms with E-state index in [1.807, 2.05) is 35.7 Å². The van der Waals surface area contributed by atoms with Gasteiger partial charge < -0.3 is 10.1 Å². The average Bonchev–Trinajstić information content (AvgIpc) is 3.25. The first-order chi connectivity index (χ1) is 14.1. The van der Waals surface area contributed by atoms with Crippen molar-refractivity contribution in [1.29, 1.82) is 0 Å². The van der Waals surface area contributed by atoms with Gasteiger partial charge in [-0.15, -0.1) is 11.3 Å². The predicted octanol–water partition coefficient (Wildman–Crippen LogP) is 4.48. The maximum Gasteiger partial charge on any atom is 0.294 e. The normalized spacial score (nSPS) is 14.4. The van der Waals surface area contributed by atoms with E-state index in [1.165, 1.54) is 4.90 Å². The molecule has 1 aromatic heterocycles. The zero-order chi connectivity index (χ0) is 20.2. The van der Waals surface area contributed by atoms with Crippen LogP contribution < -0.4 is 15.0 Å². The number of halogens is 1. The summed E-state index contributed by atoms with van der Waals surface area (Å²) in [4.78, 5) is 28.1. The Morgan fingerprint density at radius 2 is 1.90 bits per heavy atom. The number of nitrogens with zero attached hydrogens (tertiary/aromatic N) is 1. The van der Waals surface area contributed by atoms with Crippen LogP contribution in [0.25, 0.3) is 6.08 Å². The zero-order valence-corrected chi connectivity index (χ0v) is 16.9. The molecule has 2 aromatic carbocycles. The Morgan fingerprint density at radius 1 is 1.10 bits per heavy atom. The van der Waals surface area contributed by atoms with Crippen molar-refractivity contribution >= 4 is 46.5 Å². The SMILES string of the molecule is O=C(CN1C(=O)C(=Cc2ccccc2Cl)Oc2ccccc21)NCc1cccs1. The third-order valence-electron chi connectivity index (χ3n) is 4.37. The van der Waals surface area contributed by atoms with E-state index < -0.39 is 5.91 Å². The number of amides is 2. The van der Waals surface area contributed by atoms with Crippen molar-refractivity contribution in [2.24, 2.45) is 0 Å². The summed E-state index contributed by atoms with van der Waals surface area (Å²) >= 11 is 7.78. The Labute approximate surface area is 177 Å². The standard InChI is InChI=1S/C22H17ClN2O3S/c23-17-8-2-1-6-15(17)12-20-22(27)25(18-9-3-4-10-19(18)28-20)14-21(26)24-13-16-7-5-11-29-16/h1-12H,13-14H2,(H,24,26). The van der Waals surface area contributed by atoms with Crippen LogP contribution in [-0.2, 0) is 16.1 Å². The molecular formula is C22H17ClN2O3S. The third kappa shape index (κ3) is 4.34. The van der Waals surface area contributed by atoms with Gasteiger partial charge in [0.25, 0.3) is 5.91 Å². The van der Waals surface area contributed by atoms with E-state index in [2.05, 4.69) is 5.32 Å². The van der Waals surface area contributed by atoms with Gasteiger partial charge in [0.15, 0.2) is 11.5 Å². The van der Waals surface area contributed by atoms with Gasteiger partial charge in [-0.05, 0) is 41.3 Å². The molecule has 0 unspecified atom stereocenters.